The average molecular weight is 164 g/mol. The lowest BCUT2D eigenvalue weighted by Gasteiger charge is -1.94. The molecule has 2 heteroatoms. The minimum Gasteiger partial charge on any atom is -0.249 e. The van der Waals surface area contributed by atoms with E-state index in [2.05, 4.69) is 0 Å². The first-order valence-corrected chi connectivity index (χ1v) is 4.63. The van der Waals surface area contributed by atoms with E-state index in [4.69, 9.17) is 0 Å². The molecule has 0 amide bonds. The largest absolute Gasteiger partial charge is 0.249 e. The lowest BCUT2D eigenvalue weighted by atomic mass is 10.2. The quantitative estimate of drug-likeness (QED) is 0.574. The highest BCUT2D eigenvalue weighted by molar-refractivity contribution is 7.89. The Labute approximate surface area is 68.2 Å². The van der Waals surface area contributed by atoms with E-state index in [1.165, 1.54) is 0 Å². The van der Waals surface area contributed by atoms with Gasteiger partial charge in [0.05, 0.1) is 15.7 Å². The molecule has 0 aliphatic carbocycles. The highest BCUT2D eigenvalue weighted by atomic mass is 32.2. The maximum absolute atomic E-state index is 11.4. The lowest BCUT2D eigenvalue weighted by Crippen LogP contribution is -1.85. The van der Waals surface area contributed by atoms with Crippen LogP contribution in [0.25, 0.3) is 6.08 Å². The molecule has 1 aromatic rings. The van der Waals surface area contributed by atoms with Gasteiger partial charge in [-0.3, -0.25) is 0 Å². The maximum atomic E-state index is 11.4. The molecular weight excluding hydrogens is 156 g/mol. The standard InChI is InChI=1S/C9H8OS/c1-7-6-8-4-2-3-5-9(8)11(7)10/h2-6H,1H3. The van der Waals surface area contributed by atoms with Gasteiger partial charge in [0, 0.05) is 4.91 Å². The van der Waals surface area contributed by atoms with E-state index in [0.29, 0.717) is 0 Å². The van der Waals surface area contributed by atoms with Gasteiger partial charge in [0.1, 0.15) is 0 Å². The Bertz CT molecular complexity index is 352. The number of allylic oxidation sites excluding steroid dienone is 1. The van der Waals surface area contributed by atoms with E-state index in [1.807, 2.05) is 37.3 Å². The Morgan fingerprint density at radius 3 is 2.73 bits per heavy atom. The van der Waals surface area contributed by atoms with Crippen molar-refractivity contribution in [2.24, 2.45) is 0 Å². The van der Waals surface area contributed by atoms with Crippen LogP contribution in [0.3, 0.4) is 0 Å². The predicted octanol–water partition coefficient (Wildman–Crippen LogP) is 2.17. The fourth-order valence-electron chi connectivity index (χ4n) is 1.21. The Hall–Kier alpha value is -0.890. The summed E-state index contributed by atoms with van der Waals surface area (Å²) in [5.74, 6) is 0. The van der Waals surface area contributed by atoms with Crippen LogP contribution in [0.2, 0.25) is 0 Å². The monoisotopic (exact) mass is 164 g/mol. The fourth-order valence-corrected chi connectivity index (χ4v) is 2.34. The minimum absolute atomic E-state index is 0.881. The van der Waals surface area contributed by atoms with Crippen LogP contribution in [0.15, 0.2) is 34.1 Å². The molecule has 11 heavy (non-hydrogen) atoms. The molecular formula is C9H8OS. The van der Waals surface area contributed by atoms with Crippen LogP contribution >= 0.6 is 0 Å². The normalized spacial score (nSPS) is 21.2. The van der Waals surface area contributed by atoms with Gasteiger partial charge in [0.2, 0.25) is 0 Å². The molecule has 1 heterocycles. The summed E-state index contributed by atoms with van der Waals surface area (Å²) in [4.78, 5) is 1.90. The number of hydrogen-bond donors (Lipinski definition) is 0. The van der Waals surface area contributed by atoms with Gasteiger partial charge in [0.25, 0.3) is 0 Å². The van der Waals surface area contributed by atoms with Gasteiger partial charge in [-0.25, -0.2) is 4.21 Å². The van der Waals surface area contributed by atoms with Crippen molar-refractivity contribution in [3.05, 3.63) is 34.7 Å². The summed E-state index contributed by atoms with van der Waals surface area (Å²) in [6, 6.07) is 7.79. The summed E-state index contributed by atoms with van der Waals surface area (Å²) in [5.41, 5.74) is 1.10. The fraction of sp³-hybridized carbons (Fsp3) is 0.111. The summed E-state index contributed by atoms with van der Waals surface area (Å²) in [6.07, 6.45) is 1.98. The third-order valence-corrected chi connectivity index (χ3v) is 3.24. The molecule has 0 spiro atoms. The van der Waals surface area contributed by atoms with E-state index in [1.54, 1.807) is 0 Å². The smallest absolute Gasteiger partial charge is 0.0811 e. The highest BCUT2D eigenvalue weighted by Crippen LogP contribution is 2.28. The van der Waals surface area contributed by atoms with Gasteiger partial charge in [-0.15, -0.1) is 0 Å². The number of benzene rings is 1. The van der Waals surface area contributed by atoms with Crippen molar-refractivity contribution in [2.75, 3.05) is 0 Å². The van der Waals surface area contributed by atoms with Gasteiger partial charge in [-0.2, -0.15) is 0 Å². The van der Waals surface area contributed by atoms with Crippen molar-refractivity contribution in [2.45, 2.75) is 11.8 Å². The van der Waals surface area contributed by atoms with Gasteiger partial charge >= 0.3 is 0 Å². The first kappa shape index (κ1) is 6.80. The summed E-state index contributed by atoms with van der Waals surface area (Å²) < 4.78 is 11.4. The van der Waals surface area contributed by atoms with Crippen LogP contribution in [0.5, 0.6) is 0 Å². The highest BCUT2D eigenvalue weighted by Gasteiger charge is 2.15. The van der Waals surface area contributed by atoms with Crippen molar-refractivity contribution in [3.63, 3.8) is 0 Å². The molecule has 1 aromatic carbocycles. The second-order valence-corrected chi connectivity index (χ2v) is 4.18. The molecule has 2 rings (SSSR count). The summed E-state index contributed by atoms with van der Waals surface area (Å²) in [6.45, 7) is 1.90. The molecule has 0 saturated carbocycles. The van der Waals surface area contributed by atoms with Crippen molar-refractivity contribution in [3.8, 4) is 0 Å². The Morgan fingerprint density at radius 1 is 1.27 bits per heavy atom. The first-order chi connectivity index (χ1) is 5.29. The average Bonchev–Trinajstić information content (AvgIpc) is 2.30. The molecule has 1 aliphatic heterocycles. The number of rotatable bonds is 0. The molecule has 1 unspecified atom stereocenters. The first-order valence-electron chi connectivity index (χ1n) is 3.48. The minimum atomic E-state index is -0.881. The molecule has 0 fully saturated rings. The topological polar surface area (TPSA) is 17.1 Å². The molecule has 0 bridgehead atoms. The van der Waals surface area contributed by atoms with E-state index in [0.717, 1.165) is 15.4 Å². The zero-order chi connectivity index (χ0) is 7.84. The van der Waals surface area contributed by atoms with E-state index >= 15 is 0 Å². The van der Waals surface area contributed by atoms with Crippen LogP contribution in [0.4, 0.5) is 0 Å². The summed E-state index contributed by atoms with van der Waals surface area (Å²) >= 11 is 0. The maximum Gasteiger partial charge on any atom is 0.0811 e. The molecule has 1 aliphatic rings. The van der Waals surface area contributed by atoms with Crippen molar-refractivity contribution in [1.82, 2.24) is 0 Å². The summed E-state index contributed by atoms with van der Waals surface area (Å²) in [5, 5.41) is 0. The van der Waals surface area contributed by atoms with Crippen LogP contribution in [-0.4, -0.2) is 4.21 Å². The van der Waals surface area contributed by atoms with Crippen molar-refractivity contribution < 1.29 is 4.21 Å². The predicted molar refractivity (Wildman–Crippen MR) is 46.5 cm³/mol. The van der Waals surface area contributed by atoms with E-state index < -0.39 is 10.8 Å². The molecule has 1 atom stereocenters. The third-order valence-electron chi connectivity index (χ3n) is 1.77. The van der Waals surface area contributed by atoms with Crippen LogP contribution < -0.4 is 0 Å². The second kappa shape index (κ2) is 2.31. The zero-order valence-corrected chi connectivity index (χ0v) is 7.02. The van der Waals surface area contributed by atoms with Crippen molar-refractivity contribution >= 4 is 16.9 Å². The Morgan fingerprint density at radius 2 is 2.00 bits per heavy atom. The Kier molecular flexibility index (Phi) is 1.43. The zero-order valence-electron chi connectivity index (χ0n) is 6.20. The van der Waals surface area contributed by atoms with Crippen LogP contribution in [0, 0.1) is 0 Å². The lowest BCUT2D eigenvalue weighted by molar-refractivity contribution is 0.687. The molecule has 0 aromatic heterocycles. The SMILES string of the molecule is CC1=Cc2ccccc2S1=O. The Balaban J connectivity index is 2.67. The molecule has 0 N–H and O–H groups in total. The van der Waals surface area contributed by atoms with Gasteiger partial charge in [-0.1, -0.05) is 18.2 Å². The van der Waals surface area contributed by atoms with Crippen LogP contribution in [0.1, 0.15) is 12.5 Å². The third kappa shape index (κ3) is 0.942. The summed E-state index contributed by atoms with van der Waals surface area (Å²) in [7, 11) is -0.881. The van der Waals surface area contributed by atoms with Gasteiger partial charge in [0.15, 0.2) is 0 Å². The van der Waals surface area contributed by atoms with Gasteiger partial charge in [-0.05, 0) is 24.6 Å². The molecule has 56 valence electrons. The van der Waals surface area contributed by atoms with E-state index in [9.17, 15) is 4.21 Å². The molecule has 0 radical (unpaired) electrons. The molecule has 1 nitrogen and oxygen atoms in total. The van der Waals surface area contributed by atoms with Gasteiger partial charge < -0.3 is 0 Å². The molecule has 0 saturated heterocycles. The van der Waals surface area contributed by atoms with E-state index in [-0.39, 0.29) is 0 Å². The second-order valence-electron chi connectivity index (χ2n) is 2.56. The van der Waals surface area contributed by atoms with Crippen LogP contribution in [-0.2, 0) is 10.8 Å². The van der Waals surface area contributed by atoms with Crippen molar-refractivity contribution in [1.29, 1.82) is 0 Å². The number of hydrogen-bond acceptors (Lipinski definition) is 1. The number of fused-ring (bicyclic) bond motifs is 1.